The van der Waals surface area contributed by atoms with Gasteiger partial charge in [0.25, 0.3) is 0 Å². The number of amides is 2. The molecule has 2 unspecified atom stereocenters. The van der Waals surface area contributed by atoms with Crippen LogP contribution in [0.3, 0.4) is 0 Å². The molecule has 0 bridgehead atoms. The van der Waals surface area contributed by atoms with Gasteiger partial charge in [0.1, 0.15) is 0 Å². The number of carbonyl (C=O) groups excluding carboxylic acids is 2. The van der Waals surface area contributed by atoms with Crippen LogP contribution >= 0.6 is 0 Å². The van der Waals surface area contributed by atoms with Crippen LogP contribution in [0.2, 0.25) is 0 Å². The fourth-order valence-corrected chi connectivity index (χ4v) is 4.47. The lowest BCUT2D eigenvalue weighted by Gasteiger charge is -2.31. The van der Waals surface area contributed by atoms with E-state index in [1.165, 1.54) is 5.56 Å². The zero-order valence-electron chi connectivity index (χ0n) is 17.2. The Balaban J connectivity index is 1.41. The molecule has 1 saturated heterocycles. The van der Waals surface area contributed by atoms with Gasteiger partial charge in [-0.05, 0) is 48.6 Å². The summed E-state index contributed by atoms with van der Waals surface area (Å²) in [6.45, 7) is 2.92. The number of hydrogen-bond donors (Lipinski definition) is 2. The average Bonchev–Trinajstić information content (AvgIpc) is 2.75. The number of rotatable bonds is 6. The Bertz CT molecular complexity index is 914. The molecule has 2 aromatic carbocycles. The van der Waals surface area contributed by atoms with Crippen molar-refractivity contribution in [2.45, 2.75) is 38.3 Å². The van der Waals surface area contributed by atoms with Gasteiger partial charge in [-0.1, -0.05) is 42.5 Å². The third-order valence-corrected chi connectivity index (χ3v) is 6.06. The van der Waals surface area contributed by atoms with Gasteiger partial charge < -0.3 is 15.8 Å². The number of piperidine rings is 1. The molecule has 2 aliphatic rings. The van der Waals surface area contributed by atoms with E-state index in [0.717, 1.165) is 42.6 Å². The van der Waals surface area contributed by atoms with E-state index in [1.54, 1.807) is 0 Å². The summed E-state index contributed by atoms with van der Waals surface area (Å²) in [5, 5.41) is 3.07. The Morgan fingerprint density at radius 1 is 1.13 bits per heavy atom. The fraction of sp³-hybridized carbons (Fsp3) is 0.417. The molecule has 30 heavy (non-hydrogen) atoms. The summed E-state index contributed by atoms with van der Waals surface area (Å²) < 4.78 is 5.89. The third kappa shape index (κ3) is 4.89. The van der Waals surface area contributed by atoms with Crippen molar-refractivity contribution in [3.05, 3.63) is 65.2 Å². The quantitative estimate of drug-likeness (QED) is 0.771. The van der Waals surface area contributed by atoms with E-state index >= 15 is 0 Å². The molecule has 1 fully saturated rings. The number of hydrogen-bond acceptors (Lipinski definition) is 4. The first kappa shape index (κ1) is 20.6. The maximum absolute atomic E-state index is 12.8. The Labute approximate surface area is 177 Å². The predicted molar refractivity (Wildman–Crippen MR) is 116 cm³/mol. The molecule has 4 rings (SSSR count). The molecule has 6 heteroatoms. The SMILES string of the molecule is NC(=O)C1CCCN(Cc2ccccc2NC(=O)CC2OCCc3ccccc32)C1. The smallest absolute Gasteiger partial charge is 0.227 e. The molecule has 6 nitrogen and oxygen atoms in total. The molecule has 0 aliphatic carbocycles. The van der Waals surface area contributed by atoms with Crippen molar-refractivity contribution < 1.29 is 14.3 Å². The van der Waals surface area contributed by atoms with E-state index in [-0.39, 0.29) is 23.8 Å². The number of para-hydroxylation sites is 1. The highest BCUT2D eigenvalue weighted by Crippen LogP contribution is 2.30. The van der Waals surface area contributed by atoms with Gasteiger partial charge in [-0.2, -0.15) is 0 Å². The fourth-order valence-electron chi connectivity index (χ4n) is 4.47. The second-order valence-corrected chi connectivity index (χ2v) is 8.19. The van der Waals surface area contributed by atoms with Crippen molar-refractivity contribution in [3.8, 4) is 0 Å². The summed E-state index contributed by atoms with van der Waals surface area (Å²) in [5.41, 5.74) is 9.73. The van der Waals surface area contributed by atoms with E-state index in [0.29, 0.717) is 26.1 Å². The lowest BCUT2D eigenvalue weighted by molar-refractivity contribution is -0.123. The number of benzene rings is 2. The number of ether oxygens (including phenoxy) is 1. The average molecular weight is 408 g/mol. The van der Waals surface area contributed by atoms with Crippen molar-refractivity contribution in [1.29, 1.82) is 0 Å². The molecule has 2 aliphatic heterocycles. The van der Waals surface area contributed by atoms with Crippen molar-refractivity contribution in [3.63, 3.8) is 0 Å². The summed E-state index contributed by atoms with van der Waals surface area (Å²) in [5.74, 6) is -0.379. The first-order valence-electron chi connectivity index (χ1n) is 10.7. The van der Waals surface area contributed by atoms with Crippen molar-refractivity contribution in [2.24, 2.45) is 11.7 Å². The molecule has 2 heterocycles. The Kier molecular flexibility index (Phi) is 6.45. The van der Waals surface area contributed by atoms with Crippen LogP contribution in [0.25, 0.3) is 0 Å². The number of likely N-dealkylation sites (tertiary alicyclic amines) is 1. The van der Waals surface area contributed by atoms with Crippen LogP contribution in [-0.2, 0) is 27.3 Å². The zero-order valence-corrected chi connectivity index (χ0v) is 17.2. The second-order valence-electron chi connectivity index (χ2n) is 8.19. The normalized spacial score (nSPS) is 21.6. The number of nitrogens with one attached hydrogen (secondary N) is 1. The largest absolute Gasteiger partial charge is 0.373 e. The summed E-state index contributed by atoms with van der Waals surface area (Å²) in [7, 11) is 0. The predicted octanol–water partition coefficient (Wildman–Crippen LogP) is 3.03. The summed E-state index contributed by atoms with van der Waals surface area (Å²) in [6, 6.07) is 16.0. The minimum atomic E-state index is -0.228. The molecular formula is C24H29N3O3. The molecule has 158 valence electrons. The number of primary amides is 1. The molecule has 0 saturated carbocycles. The monoisotopic (exact) mass is 407 g/mol. The van der Waals surface area contributed by atoms with Crippen molar-refractivity contribution >= 4 is 17.5 Å². The van der Waals surface area contributed by atoms with Gasteiger partial charge in [-0.25, -0.2) is 0 Å². The summed E-state index contributed by atoms with van der Waals surface area (Å²) in [6.07, 6.45) is 2.78. The lowest BCUT2D eigenvalue weighted by atomic mass is 9.95. The minimum Gasteiger partial charge on any atom is -0.373 e. The van der Waals surface area contributed by atoms with Crippen molar-refractivity contribution in [1.82, 2.24) is 4.90 Å². The second kappa shape index (κ2) is 9.41. The van der Waals surface area contributed by atoms with Gasteiger partial charge in [0.15, 0.2) is 0 Å². The van der Waals surface area contributed by atoms with Crippen molar-refractivity contribution in [2.75, 3.05) is 25.0 Å². The lowest BCUT2D eigenvalue weighted by Crippen LogP contribution is -2.40. The van der Waals surface area contributed by atoms with Gasteiger partial charge in [0.05, 0.1) is 25.0 Å². The Morgan fingerprint density at radius 2 is 1.93 bits per heavy atom. The van der Waals surface area contributed by atoms with Crippen LogP contribution in [0.4, 0.5) is 5.69 Å². The highest BCUT2D eigenvalue weighted by atomic mass is 16.5. The van der Waals surface area contributed by atoms with Gasteiger partial charge in [-0.3, -0.25) is 14.5 Å². The number of nitrogens with zero attached hydrogens (tertiary/aromatic N) is 1. The van der Waals surface area contributed by atoms with Gasteiger partial charge in [0.2, 0.25) is 11.8 Å². The number of nitrogens with two attached hydrogens (primary N) is 1. The van der Waals surface area contributed by atoms with Gasteiger partial charge >= 0.3 is 0 Å². The molecule has 2 aromatic rings. The summed E-state index contributed by atoms with van der Waals surface area (Å²) >= 11 is 0. The van der Waals surface area contributed by atoms with Crippen LogP contribution in [-0.4, -0.2) is 36.4 Å². The molecule has 0 radical (unpaired) electrons. The summed E-state index contributed by atoms with van der Waals surface area (Å²) in [4.78, 5) is 26.6. The number of carbonyl (C=O) groups is 2. The molecule has 3 N–H and O–H groups in total. The zero-order chi connectivity index (χ0) is 20.9. The molecular weight excluding hydrogens is 378 g/mol. The molecule has 0 spiro atoms. The maximum atomic E-state index is 12.8. The first-order chi connectivity index (χ1) is 14.6. The molecule has 0 aromatic heterocycles. The van der Waals surface area contributed by atoms with E-state index in [2.05, 4.69) is 16.3 Å². The third-order valence-electron chi connectivity index (χ3n) is 6.06. The Morgan fingerprint density at radius 3 is 2.80 bits per heavy atom. The van der Waals surface area contributed by atoms with E-state index < -0.39 is 0 Å². The highest BCUT2D eigenvalue weighted by Gasteiger charge is 2.25. The van der Waals surface area contributed by atoms with E-state index in [4.69, 9.17) is 10.5 Å². The minimum absolute atomic E-state index is 0.0576. The highest BCUT2D eigenvalue weighted by molar-refractivity contribution is 5.92. The van der Waals surface area contributed by atoms with Crippen LogP contribution < -0.4 is 11.1 Å². The van der Waals surface area contributed by atoms with E-state index in [1.807, 2.05) is 42.5 Å². The number of anilines is 1. The van der Waals surface area contributed by atoms with Crippen LogP contribution in [0.5, 0.6) is 0 Å². The first-order valence-corrected chi connectivity index (χ1v) is 10.7. The van der Waals surface area contributed by atoms with Crippen LogP contribution in [0.15, 0.2) is 48.5 Å². The molecule has 2 amide bonds. The molecule has 2 atom stereocenters. The van der Waals surface area contributed by atoms with E-state index in [9.17, 15) is 9.59 Å². The Hall–Kier alpha value is -2.70. The van der Waals surface area contributed by atoms with Gasteiger partial charge in [0, 0.05) is 18.8 Å². The van der Waals surface area contributed by atoms with Crippen LogP contribution in [0, 0.1) is 5.92 Å². The topological polar surface area (TPSA) is 84.7 Å². The van der Waals surface area contributed by atoms with Crippen LogP contribution in [0.1, 0.15) is 42.1 Å². The van der Waals surface area contributed by atoms with Gasteiger partial charge in [-0.15, -0.1) is 0 Å². The standard InChI is InChI=1S/C24H29N3O3/c25-24(29)19-8-5-12-27(16-19)15-18-7-2-4-10-21(18)26-23(28)14-22-20-9-3-1-6-17(20)11-13-30-22/h1-4,6-7,9-10,19,22H,5,8,11-16H2,(H2,25,29)(H,26,28). The number of fused-ring (bicyclic) bond motifs is 1. The maximum Gasteiger partial charge on any atom is 0.227 e.